The molecule has 0 N–H and O–H groups in total. The third-order valence-electron chi connectivity index (χ3n) is 5.18. The van der Waals surface area contributed by atoms with E-state index in [9.17, 15) is 19.2 Å². The smallest absolute Gasteiger partial charge is 0.418 e. The van der Waals surface area contributed by atoms with Crippen LogP contribution < -0.4 is 0 Å². The highest BCUT2D eigenvalue weighted by Gasteiger charge is 2.40. The van der Waals surface area contributed by atoms with E-state index >= 15 is 0 Å². The van der Waals surface area contributed by atoms with E-state index in [1.807, 2.05) is 60.7 Å². The minimum atomic E-state index is -1.03. The zero-order chi connectivity index (χ0) is 22.5. The molecule has 0 radical (unpaired) electrons. The number of rotatable bonds is 4. The number of benzene rings is 2. The lowest BCUT2D eigenvalue weighted by molar-refractivity contribution is 0.156. The SMILES string of the molecule is O=C(/N=N/C(=O)N1C(=O)OC[C@@H]1Cc1ccccc1)N1C(=O)OC[C@@H]1Cc1ccccc1. The Morgan fingerprint density at radius 3 is 1.47 bits per heavy atom. The fraction of sp³-hybridized carbons (Fsp3) is 0.273. The Morgan fingerprint density at radius 2 is 1.09 bits per heavy atom. The van der Waals surface area contributed by atoms with Crippen LogP contribution in [0.2, 0.25) is 0 Å². The Morgan fingerprint density at radius 1 is 0.719 bits per heavy atom. The van der Waals surface area contributed by atoms with Crippen LogP contribution in [0.3, 0.4) is 0 Å². The maximum atomic E-state index is 12.5. The molecule has 4 rings (SSSR count). The third kappa shape index (κ3) is 4.64. The van der Waals surface area contributed by atoms with Gasteiger partial charge in [-0.25, -0.2) is 29.0 Å². The Bertz CT molecular complexity index is 959. The number of imide groups is 2. The second-order valence-corrected chi connectivity index (χ2v) is 7.35. The van der Waals surface area contributed by atoms with E-state index in [1.165, 1.54) is 0 Å². The summed E-state index contributed by atoms with van der Waals surface area (Å²) in [5.41, 5.74) is 1.82. The molecule has 0 bridgehead atoms. The van der Waals surface area contributed by atoms with E-state index < -0.39 is 36.3 Å². The van der Waals surface area contributed by atoms with Gasteiger partial charge in [0.15, 0.2) is 0 Å². The predicted molar refractivity (Wildman–Crippen MR) is 110 cm³/mol. The van der Waals surface area contributed by atoms with Gasteiger partial charge >= 0.3 is 24.2 Å². The van der Waals surface area contributed by atoms with Crippen molar-refractivity contribution in [3.63, 3.8) is 0 Å². The van der Waals surface area contributed by atoms with Crippen LogP contribution in [-0.2, 0) is 22.3 Å². The maximum absolute atomic E-state index is 12.5. The van der Waals surface area contributed by atoms with Crippen molar-refractivity contribution in [2.45, 2.75) is 24.9 Å². The second kappa shape index (κ2) is 9.38. The summed E-state index contributed by atoms with van der Waals surface area (Å²) in [6, 6.07) is 15.3. The summed E-state index contributed by atoms with van der Waals surface area (Å²) in [6.07, 6.45) is -0.964. The zero-order valence-corrected chi connectivity index (χ0v) is 17.0. The number of hydrogen-bond acceptors (Lipinski definition) is 6. The predicted octanol–water partition coefficient (Wildman–Crippen LogP) is 3.81. The van der Waals surface area contributed by atoms with Gasteiger partial charge in [0.25, 0.3) is 0 Å². The molecule has 10 nitrogen and oxygen atoms in total. The molecule has 10 heteroatoms. The molecule has 6 amide bonds. The van der Waals surface area contributed by atoms with Gasteiger partial charge in [0, 0.05) is 0 Å². The van der Waals surface area contributed by atoms with Crippen molar-refractivity contribution in [3.05, 3.63) is 71.8 Å². The maximum Gasteiger partial charge on any atom is 0.418 e. The van der Waals surface area contributed by atoms with Crippen LogP contribution in [0.4, 0.5) is 19.2 Å². The van der Waals surface area contributed by atoms with Crippen molar-refractivity contribution < 1.29 is 28.7 Å². The molecule has 2 aliphatic rings. The third-order valence-corrected chi connectivity index (χ3v) is 5.18. The number of carbonyl (C=O) groups excluding carboxylic acids is 4. The monoisotopic (exact) mass is 436 g/mol. The van der Waals surface area contributed by atoms with Crippen LogP contribution in [0.5, 0.6) is 0 Å². The molecule has 2 aliphatic heterocycles. The van der Waals surface area contributed by atoms with Gasteiger partial charge in [0.05, 0.1) is 12.1 Å². The lowest BCUT2D eigenvalue weighted by atomic mass is 10.1. The molecule has 2 aromatic rings. The van der Waals surface area contributed by atoms with E-state index in [1.54, 1.807) is 0 Å². The van der Waals surface area contributed by atoms with Gasteiger partial charge in [-0.15, -0.1) is 0 Å². The largest absolute Gasteiger partial charge is 0.447 e. The molecule has 0 aliphatic carbocycles. The highest BCUT2D eigenvalue weighted by atomic mass is 16.6. The van der Waals surface area contributed by atoms with Crippen LogP contribution in [0.1, 0.15) is 11.1 Å². The van der Waals surface area contributed by atoms with Gasteiger partial charge in [-0.3, -0.25) is 0 Å². The van der Waals surface area contributed by atoms with Crippen molar-refractivity contribution in [3.8, 4) is 0 Å². The average Bonchev–Trinajstić information content (AvgIpc) is 3.35. The molecule has 2 aromatic carbocycles. The lowest BCUT2D eigenvalue weighted by Crippen LogP contribution is -2.40. The average molecular weight is 436 g/mol. The number of urea groups is 2. The highest BCUT2D eigenvalue weighted by Crippen LogP contribution is 2.20. The number of carbonyl (C=O) groups is 4. The minimum Gasteiger partial charge on any atom is -0.447 e. The molecule has 32 heavy (non-hydrogen) atoms. The Kier molecular flexibility index (Phi) is 6.20. The van der Waals surface area contributed by atoms with Gasteiger partial charge in [-0.05, 0) is 24.0 Å². The molecular formula is C22H20N4O6. The number of ether oxygens (including phenoxy) is 2. The van der Waals surface area contributed by atoms with Crippen molar-refractivity contribution >= 4 is 24.2 Å². The van der Waals surface area contributed by atoms with E-state index in [0.717, 1.165) is 20.9 Å². The molecule has 2 saturated heterocycles. The summed E-state index contributed by atoms with van der Waals surface area (Å²) in [5.74, 6) is 0. The number of azo groups is 1. The fourth-order valence-electron chi connectivity index (χ4n) is 3.64. The van der Waals surface area contributed by atoms with Crippen LogP contribution in [0.25, 0.3) is 0 Å². The first-order chi connectivity index (χ1) is 15.5. The van der Waals surface area contributed by atoms with Gasteiger partial charge < -0.3 is 9.47 Å². The first kappa shape index (κ1) is 21.2. The van der Waals surface area contributed by atoms with Crippen molar-refractivity contribution in [1.29, 1.82) is 0 Å². The molecule has 0 aromatic heterocycles. The molecule has 2 fully saturated rings. The lowest BCUT2D eigenvalue weighted by Gasteiger charge is -2.18. The molecule has 0 unspecified atom stereocenters. The number of hydrogen-bond donors (Lipinski definition) is 0. The summed E-state index contributed by atoms with van der Waals surface area (Å²) in [7, 11) is 0. The van der Waals surface area contributed by atoms with Crippen molar-refractivity contribution in [2.24, 2.45) is 10.2 Å². The summed E-state index contributed by atoms with van der Waals surface area (Å²) in [6.45, 7) is 0.0288. The first-order valence-corrected chi connectivity index (χ1v) is 10.0. The van der Waals surface area contributed by atoms with Crippen LogP contribution in [0, 0.1) is 0 Å². The van der Waals surface area contributed by atoms with Crippen LogP contribution >= 0.6 is 0 Å². The van der Waals surface area contributed by atoms with Crippen LogP contribution in [0.15, 0.2) is 70.9 Å². The Hall–Kier alpha value is -4.08. The second-order valence-electron chi connectivity index (χ2n) is 7.35. The molecule has 0 saturated carbocycles. The molecular weight excluding hydrogens is 416 g/mol. The minimum absolute atomic E-state index is 0.0144. The quantitative estimate of drug-likeness (QED) is 0.673. The Labute approximate surface area is 183 Å². The van der Waals surface area contributed by atoms with E-state index in [-0.39, 0.29) is 13.2 Å². The van der Waals surface area contributed by atoms with E-state index in [0.29, 0.717) is 12.8 Å². The summed E-state index contributed by atoms with van der Waals surface area (Å²) in [5, 5.41) is 6.76. The molecule has 2 atom stereocenters. The van der Waals surface area contributed by atoms with E-state index in [4.69, 9.17) is 9.47 Å². The summed E-state index contributed by atoms with van der Waals surface area (Å²) >= 11 is 0. The van der Waals surface area contributed by atoms with Gasteiger partial charge in [0.1, 0.15) is 13.2 Å². The summed E-state index contributed by atoms with van der Waals surface area (Å²) < 4.78 is 9.95. The first-order valence-electron chi connectivity index (χ1n) is 10.0. The molecule has 0 spiro atoms. The van der Waals surface area contributed by atoms with Gasteiger partial charge in [-0.2, -0.15) is 0 Å². The normalized spacial score (nSPS) is 20.5. The highest BCUT2D eigenvalue weighted by molar-refractivity contribution is 5.95. The van der Waals surface area contributed by atoms with Crippen molar-refractivity contribution in [2.75, 3.05) is 13.2 Å². The van der Waals surface area contributed by atoms with Crippen LogP contribution in [-0.4, -0.2) is 59.3 Å². The standard InChI is InChI=1S/C22H20N4O6/c27-19(25-17(13-31-21(25)29)11-15-7-3-1-4-8-15)23-24-20(28)26-18(14-32-22(26)30)12-16-9-5-2-6-10-16/h1-10,17-18H,11-14H2/b24-23+/t17-,18-/m0/s1. The number of amides is 6. The van der Waals surface area contributed by atoms with Gasteiger partial charge in [-0.1, -0.05) is 70.9 Å². The van der Waals surface area contributed by atoms with Gasteiger partial charge in [0.2, 0.25) is 0 Å². The van der Waals surface area contributed by atoms with E-state index in [2.05, 4.69) is 10.2 Å². The number of cyclic esters (lactones) is 2. The topological polar surface area (TPSA) is 118 Å². The fourth-order valence-corrected chi connectivity index (χ4v) is 3.64. The molecule has 164 valence electrons. The Balaban J connectivity index is 1.42. The molecule has 2 heterocycles. The summed E-state index contributed by atoms with van der Waals surface area (Å²) in [4.78, 5) is 50.7. The van der Waals surface area contributed by atoms with Crippen molar-refractivity contribution in [1.82, 2.24) is 9.80 Å². The number of nitrogens with zero attached hydrogens (tertiary/aromatic N) is 4. The zero-order valence-electron chi connectivity index (χ0n) is 17.0.